The molecule has 98 valence electrons. The molecule has 1 saturated carbocycles. The van der Waals surface area contributed by atoms with Crippen molar-refractivity contribution in [3.8, 4) is 0 Å². The fraction of sp³-hybridized carbons (Fsp3) is 0.727. The Bertz CT molecular complexity index is 372. The zero-order valence-electron chi connectivity index (χ0n) is 10.2. The highest BCUT2D eigenvalue weighted by molar-refractivity contribution is 7.88. The van der Waals surface area contributed by atoms with Gasteiger partial charge >= 0.3 is 0 Å². The molecule has 0 aromatic heterocycles. The second-order valence-electron chi connectivity index (χ2n) is 4.39. The number of rotatable bonds is 6. The molecule has 1 aliphatic rings. The van der Waals surface area contributed by atoms with Crippen molar-refractivity contribution in [3.05, 3.63) is 12.7 Å². The maximum atomic E-state index is 11.7. The van der Waals surface area contributed by atoms with Crippen molar-refractivity contribution in [3.63, 3.8) is 0 Å². The van der Waals surface area contributed by atoms with E-state index in [2.05, 4.69) is 11.9 Å². The molecule has 1 aliphatic carbocycles. The van der Waals surface area contributed by atoms with Gasteiger partial charge in [-0.1, -0.05) is 18.9 Å². The van der Waals surface area contributed by atoms with Crippen LogP contribution in [-0.4, -0.2) is 44.0 Å². The molecule has 1 N–H and O–H groups in total. The molecule has 0 radical (unpaired) electrons. The van der Waals surface area contributed by atoms with Crippen LogP contribution in [0, 0.1) is 0 Å². The van der Waals surface area contributed by atoms with E-state index in [4.69, 9.17) is 0 Å². The summed E-state index contributed by atoms with van der Waals surface area (Å²) in [6, 6.07) is 0.215. The van der Waals surface area contributed by atoms with Crippen molar-refractivity contribution in [2.45, 2.75) is 31.7 Å². The summed E-state index contributed by atoms with van der Waals surface area (Å²) in [6.07, 6.45) is 6.82. The van der Waals surface area contributed by atoms with Crippen LogP contribution in [0.2, 0.25) is 0 Å². The second kappa shape index (κ2) is 6.16. The predicted molar refractivity (Wildman–Crippen MR) is 67.0 cm³/mol. The number of hydrogen-bond acceptors (Lipinski definition) is 3. The minimum Gasteiger partial charge on any atom is -0.352 e. The van der Waals surface area contributed by atoms with E-state index in [1.54, 1.807) is 0 Å². The van der Waals surface area contributed by atoms with Gasteiger partial charge in [-0.05, 0) is 12.8 Å². The zero-order valence-corrected chi connectivity index (χ0v) is 11.0. The molecular formula is C11H20N2O3S. The lowest BCUT2D eigenvalue weighted by molar-refractivity contribution is -0.121. The normalized spacial score (nSPS) is 17.3. The Morgan fingerprint density at radius 2 is 2.06 bits per heavy atom. The lowest BCUT2D eigenvalue weighted by Crippen LogP contribution is -2.43. The van der Waals surface area contributed by atoms with E-state index in [1.165, 1.54) is 6.08 Å². The van der Waals surface area contributed by atoms with Gasteiger partial charge in [-0.2, -0.15) is 4.31 Å². The molecule has 0 bridgehead atoms. The van der Waals surface area contributed by atoms with Crippen molar-refractivity contribution in [2.75, 3.05) is 19.3 Å². The number of carbonyl (C=O) groups excluding carboxylic acids is 1. The summed E-state index contributed by atoms with van der Waals surface area (Å²) in [5.41, 5.74) is 0. The molecule has 0 unspecified atom stereocenters. The van der Waals surface area contributed by atoms with Crippen LogP contribution in [0.4, 0.5) is 0 Å². The maximum absolute atomic E-state index is 11.7. The summed E-state index contributed by atoms with van der Waals surface area (Å²) in [7, 11) is -3.35. The predicted octanol–water partition coefficient (Wildman–Crippen LogP) is 0.493. The molecule has 0 aliphatic heterocycles. The Morgan fingerprint density at radius 3 is 2.53 bits per heavy atom. The first-order chi connectivity index (χ1) is 7.93. The standard InChI is InChI=1S/C11H20N2O3S/c1-3-8-13(17(2,15)16)9-11(14)12-10-6-4-5-7-10/h3,10H,1,4-9H2,2H3,(H,12,14). The van der Waals surface area contributed by atoms with Gasteiger partial charge in [0.2, 0.25) is 15.9 Å². The van der Waals surface area contributed by atoms with Gasteiger partial charge in [0.15, 0.2) is 0 Å². The summed E-state index contributed by atoms with van der Waals surface area (Å²) >= 11 is 0. The fourth-order valence-corrected chi connectivity index (χ4v) is 2.69. The number of hydrogen-bond donors (Lipinski definition) is 1. The highest BCUT2D eigenvalue weighted by Gasteiger charge is 2.22. The van der Waals surface area contributed by atoms with Crippen LogP contribution in [0.15, 0.2) is 12.7 Å². The van der Waals surface area contributed by atoms with E-state index < -0.39 is 10.0 Å². The SMILES string of the molecule is C=CCN(CC(=O)NC1CCCC1)S(C)(=O)=O. The van der Waals surface area contributed by atoms with Gasteiger partial charge in [-0.3, -0.25) is 4.79 Å². The lowest BCUT2D eigenvalue weighted by atomic mass is 10.2. The third-order valence-electron chi connectivity index (χ3n) is 2.84. The average Bonchev–Trinajstić information content (AvgIpc) is 2.68. The van der Waals surface area contributed by atoms with Crippen LogP contribution in [0.25, 0.3) is 0 Å². The first-order valence-electron chi connectivity index (χ1n) is 5.79. The number of nitrogens with zero attached hydrogens (tertiary/aromatic N) is 1. The Morgan fingerprint density at radius 1 is 1.47 bits per heavy atom. The number of sulfonamides is 1. The largest absolute Gasteiger partial charge is 0.352 e. The molecule has 0 heterocycles. The van der Waals surface area contributed by atoms with Gasteiger partial charge in [0.05, 0.1) is 12.8 Å². The Hall–Kier alpha value is -0.880. The van der Waals surface area contributed by atoms with Crippen molar-refractivity contribution in [2.24, 2.45) is 0 Å². The summed E-state index contributed by atoms with van der Waals surface area (Å²) in [5.74, 6) is -0.232. The van der Waals surface area contributed by atoms with Crippen molar-refractivity contribution < 1.29 is 13.2 Å². The maximum Gasteiger partial charge on any atom is 0.235 e. The van der Waals surface area contributed by atoms with E-state index in [0.717, 1.165) is 36.2 Å². The van der Waals surface area contributed by atoms with Crippen LogP contribution in [0.5, 0.6) is 0 Å². The number of amides is 1. The molecule has 0 atom stereocenters. The van der Waals surface area contributed by atoms with E-state index in [1.807, 2.05) is 0 Å². The fourth-order valence-electron chi connectivity index (χ4n) is 1.96. The topological polar surface area (TPSA) is 66.5 Å². The first-order valence-corrected chi connectivity index (χ1v) is 7.63. The van der Waals surface area contributed by atoms with E-state index in [9.17, 15) is 13.2 Å². The summed E-state index contributed by atoms with van der Waals surface area (Å²) < 4.78 is 23.9. The van der Waals surface area contributed by atoms with Crippen molar-refractivity contribution in [1.82, 2.24) is 9.62 Å². The zero-order chi connectivity index (χ0) is 12.9. The summed E-state index contributed by atoms with van der Waals surface area (Å²) in [4.78, 5) is 11.7. The Kier molecular flexibility index (Phi) is 5.14. The van der Waals surface area contributed by atoms with Crippen LogP contribution in [-0.2, 0) is 14.8 Å². The quantitative estimate of drug-likeness (QED) is 0.707. The molecule has 0 aromatic carbocycles. The molecule has 1 fully saturated rings. The van der Waals surface area contributed by atoms with E-state index >= 15 is 0 Å². The van der Waals surface area contributed by atoms with Crippen LogP contribution < -0.4 is 5.32 Å². The van der Waals surface area contributed by atoms with Gasteiger partial charge in [-0.25, -0.2) is 8.42 Å². The van der Waals surface area contributed by atoms with Crippen LogP contribution in [0.1, 0.15) is 25.7 Å². The number of nitrogens with one attached hydrogen (secondary N) is 1. The molecule has 0 aromatic rings. The minimum absolute atomic E-state index is 0.124. The van der Waals surface area contributed by atoms with Gasteiger partial charge in [0.25, 0.3) is 0 Å². The monoisotopic (exact) mass is 260 g/mol. The molecule has 17 heavy (non-hydrogen) atoms. The Balaban J connectivity index is 2.48. The summed E-state index contributed by atoms with van der Waals surface area (Å²) in [5, 5.41) is 2.86. The van der Waals surface area contributed by atoms with Gasteiger partial charge in [-0.15, -0.1) is 6.58 Å². The smallest absolute Gasteiger partial charge is 0.235 e. The molecule has 6 heteroatoms. The van der Waals surface area contributed by atoms with Crippen molar-refractivity contribution in [1.29, 1.82) is 0 Å². The van der Waals surface area contributed by atoms with Crippen molar-refractivity contribution >= 4 is 15.9 Å². The van der Waals surface area contributed by atoms with E-state index in [-0.39, 0.29) is 25.0 Å². The minimum atomic E-state index is -3.35. The van der Waals surface area contributed by atoms with Gasteiger partial charge < -0.3 is 5.32 Å². The third-order valence-corrected chi connectivity index (χ3v) is 4.06. The van der Waals surface area contributed by atoms with Crippen LogP contribution >= 0.6 is 0 Å². The summed E-state index contributed by atoms with van der Waals surface area (Å²) in [6.45, 7) is 3.53. The molecular weight excluding hydrogens is 240 g/mol. The lowest BCUT2D eigenvalue weighted by Gasteiger charge is -2.19. The Labute approximate surface area is 103 Å². The van der Waals surface area contributed by atoms with E-state index in [0.29, 0.717) is 0 Å². The molecule has 5 nitrogen and oxygen atoms in total. The van der Waals surface area contributed by atoms with Gasteiger partial charge in [0, 0.05) is 12.6 Å². The second-order valence-corrected chi connectivity index (χ2v) is 6.38. The highest BCUT2D eigenvalue weighted by Crippen LogP contribution is 2.17. The van der Waals surface area contributed by atoms with Gasteiger partial charge in [0.1, 0.15) is 0 Å². The molecule has 1 amide bonds. The number of carbonyl (C=O) groups is 1. The average molecular weight is 260 g/mol. The first kappa shape index (κ1) is 14.2. The molecule has 0 saturated heterocycles. The molecule has 0 spiro atoms. The van der Waals surface area contributed by atoms with Crippen LogP contribution in [0.3, 0.4) is 0 Å². The highest BCUT2D eigenvalue weighted by atomic mass is 32.2. The third kappa shape index (κ3) is 4.87. The molecule has 1 rings (SSSR count).